The van der Waals surface area contributed by atoms with Crippen LogP contribution in [0.5, 0.6) is 5.88 Å². The summed E-state index contributed by atoms with van der Waals surface area (Å²) in [6.45, 7) is 10.0. The highest BCUT2D eigenvalue weighted by Crippen LogP contribution is 2.18. The molecule has 17 heavy (non-hydrogen) atoms. The van der Waals surface area contributed by atoms with Crippen LogP contribution in [0.1, 0.15) is 5.56 Å². The number of pyridine rings is 1. The summed E-state index contributed by atoms with van der Waals surface area (Å²) in [6.07, 6.45) is 1.73. The molecule has 0 radical (unpaired) electrons. The van der Waals surface area contributed by atoms with Crippen molar-refractivity contribution in [3.8, 4) is 5.88 Å². The molecule has 5 heteroatoms. The van der Waals surface area contributed by atoms with Gasteiger partial charge < -0.3 is 9.47 Å². The van der Waals surface area contributed by atoms with Gasteiger partial charge in [-0.05, 0) is 35.0 Å². The molecule has 1 aromatic rings. The van der Waals surface area contributed by atoms with Crippen molar-refractivity contribution >= 4 is 24.0 Å². The van der Waals surface area contributed by atoms with E-state index < -0.39 is 8.07 Å². The average Bonchev–Trinajstić information content (AvgIpc) is 2.18. The van der Waals surface area contributed by atoms with Gasteiger partial charge in [-0.3, -0.25) is 0 Å². The van der Waals surface area contributed by atoms with Gasteiger partial charge in [-0.25, -0.2) is 4.98 Å². The Morgan fingerprint density at radius 2 is 2.06 bits per heavy atom. The lowest BCUT2D eigenvalue weighted by atomic mass is 10.3. The monoisotopic (exact) mass is 317 g/mol. The Labute approximate surface area is 113 Å². The van der Waals surface area contributed by atoms with E-state index in [4.69, 9.17) is 9.47 Å². The Morgan fingerprint density at radius 1 is 1.35 bits per heavy atom. The Balaban J connectivity index is 2.27. The molecule has 0 aromatic carbocycles. The van der Waals surface area contributed by atoms with E-state index in [2.05, 4.69) is 40.6 Å². The second-order valence-electron chi connectivity index (χ2n) is 5.26. The van der Waals surface area contributed by atoms with E-state index in [0.717, 1.165) is 22.7 Å². The predicted octanol–water partition coefficient (Wildman–Crippen LogP) is 3.84. The van der Waals surface area contributed by atoms with Crippen molar-refractivity contribution in [1.82, 2.24) is 4.98 Å². The predicted molar refractivity (Wildman–Crippen MR) is 76.3 cm³/mol. The molecule has 0 aliphatic rings. The fourth-order valence-corrected chi connectivity index (χ4v) is 2.42. The first-order chi connectivity index (χ1) is 7.88. The number of aromatic nitrogens is 1. The van der Waals surface area contributed by atoms with Crippen LogP contribution in [0.25, 0.3) is 0 Å². The maximum Gasteiger partial charge on any atom is 0.218 e. The van der Waals surface area contributed by atoms with Gasteiger partial charge >= 0.3 is 0 Å². The molecule has 0 spiro atoms. The number of halogens is 1. The lowest BCUT2D eigenvalue weighted by Crippen LogP contribution is -2.22. The fourth-order valence-electron chi connectivity index (χ4n) is 1.21. The first-order valence-corrected chi connectivity index (χ1v) is 10.2. The van der Waals surface area contributed by atoms with E-state index >= 15 is 0 Å². The minimum Gasteiger partial charge on any atom is -0.450 e. The van der Waals surface area contributed by atoms with Crippen LogP contribution in [-0.2, 0) is 4.74 Å². The van der Waals surface area contributed by atoms with Gasteiger partial charge in [0.25, 0.3) is 0 Å². The van der Waals surface area contributed by atoms with Gasteiger partial charge in [0.05, 0.1) is 0 Å². The van der Waals surface area contributed by atoms with Crippen molar-refractivity contribution in [2.24, 2.45) is 0 Å². The highest BCUT2D eigenvalue weighted by Gasteiger charge is 2.12. The van der Waals surface area contributed by atoms with Crippen LogP contribution < -0.4 is 4.74 Å². The van der Waals surface area contributed by atoms with Crippen molar-refractivity contribution in [3.05, 3.63) is 22.3 Å². The smallest absolute Gasteiger partial charge is 0.218 e. The number of aryl methyl sites for hydroxylation is 1. The molecule has 0 saturated carbocycles. The first kappa shape index (κ1) is 14.7. The fraction of sp³-hybridized carbons (Fsp3) is 0.583. The highest BCUT2D eigenvalue weighted by atomic mass is 79.9. The van der Waals surface area contributed by atoms with Gasteiger partial charge in [0, 0.05) is 30.9 Å². The lowest BCUT2D eigenvalue weighted by Gasteiger charge is -2.15. The summed E-state index contributed by atoms with van der Waals surface area (Å²) in [7, 11) is -1.01. The zero-order valence-corrected chi connectivity index (χ0v) is 13.5. The number of nitrogens with zero attached hydrogens (tertiary/aromatic N) is 1. The topological polar surface area (TPSA) is 31.4 Å². The second-order valence-corrected chi connectivity index (χ2v) is 11.8. The molecule has 1 heterocycles. The minimum absolute atomic E-state index is 0.278. The lowest BCUT2D eigenvalue weighted by molar-refractivity contribution is 0.0188. The molecular formula is C12H20BrNO2Si. The molecule has 1 rings (SSSR count). The third kappa shape index (κ3) is 6.19. The van der Waals surface area contributed by atoms with E-state index in [1.54, 1.807) is 6.20 Å². The van der Waals surface area contributed by atoms with Gasteiger partial charge in [-0.15, -0.1) is 0 Å². The summed E-state index contributed by atoms with van der Waals surface area (Å²) >= 11 is 3.37. The molecule has 0 unspecified atom stereocenters. The molecule has 0 fully saturated rings. The quantitative estimate of drug-likeness (QED) is 0.454. The Morgan fingerprint density at radius 3 is 2.65 bits per heavy atom. The molecule has 3 nitrogen and oxygen atoms in total. The van der Waals surface area contributed by atoms with Gasteiger partial charge in [0.1, 0.15) is 0 Å². The number of ether oxygens (including phenoxy) is 2. The van der Waals surface area contributed by atoms with Gasteiger partial charge in [0.2, 0.25) is 5.88 Å². The van der Waals surface area contributed by atoms with Gasteiger partial charge in [-0.2, -0.15) is 0 Å². The number of hydrogen-bond donors (Lipinski definition) is 0. The summed E-state index contributed by atoms with van der Waals surface area (Å²) < 4.78 is 11.9. The van der Waals surface area contributed by atoms with Gasteiger partial charge in [0.15, 0.2) is 6.79 Å². The van der Waals surface area contributed by atoms with Crippen LogP contribution in [0.3, 0.4) is 0 Å². The van der Waals surface area contributed by atoms with Gasteiger partial charge in [-0.1, -0.05) is 19.6 Å². The summed E-state index contributed by atoms with van der Waals surface area (Å²) in [6, 6.07) is 3.13. The molecule has 0 bridgehead atoms. The zero-order valence-electron chi connectivity index (χ0n) is 10.9. The van der Waals surface area contributed by atoms with Crippen LogP contribution >= 0.6 is 15.9 Å². The van der Waals surface area contributed by atoms with Crippen molar-refractivity contribution in [3.63, 3.8) is 0 Å². The van der Waals surface area contributed by atoms with E-state index in [9.17, 15) is 0 Å². The highest BCUT2D eigenvalue weighted by molar-refractivity contribution is 9.10. The molecule has 96 valence electrons. The molecule has 0 atom stereocenters. The SMILES string of the molecule is Cc1cc(Br)cnc1OCOCC[Si](C)(C)C. The number of hydrogen-bond acceptors (Lipinski definition) is 3. The van der Waals surface area contributed by atoms with Crippen LogP contribution in [0, 0.1) is 6.92 Å². The van der Waals surface area contributed by atoms with Crippen LogP contribution in [0.2, 0.25) is 25.7 Å². The van der Waals surface area contributed by atoms with Crippen molar-refractivity contribution in [1.29, 1.82) is 0 Å². The molecule has 0 N–H and O–H groups in total. The van der Waals surface area contributed by atoms with E-state index in [1.165, 1.54) is 0 Å². The molecule has 0 saturated heterocycles. The molecule has 0 aliphatic carbocycles. The maximum atomic E-state index is 5.47. The standard InChI is InChI=1S/C12H20BrNO2Si/c1-10-7-11(13)8-14-12(10)16-9-15-5-6-17(2,3)4/h7-8H,5-6,9H2,1-4H3. The largest absolute Gasteiger partial charge is 0.450 e. The third-order valence-electron chi connectivity index (χ3n) is 2.27. The molecular weight excluding hydrogens is 298 g/mol. The summed E-state index contributed by atoms with van der Waals surface area (Å²) in [5.41, 5.74) is 1.01. The summed E-state index contributed by atoms with van der Waals surface area (Å²) in [5.74, 6) is 0.640. The minimum atomic E-state index is -1.01. The zero-order chi connectivity index (χ0) is 12.9. The average molecular weight is 318 g/mol. The van der Waals surface area contributed by atoms with Crippen LogP contribution in [-0.4, -0.2) is 26.5 Å². The second kappa shape index (κ2) is 6.52. The summed E-state index contributed by atoms with van der Waals surface area (Å²) in [5, 5.41) is 0. The van der Waals surface area contributed by atoms with Crippen LogP contribution in [0.4, 0.5) is 0 Å². The summed E-state index contributed by atoms with van der Waals surface area (Å²) in [4.78, 5) is 4.18. The normalized spacial score (nSPS) is 11.6. The van der Waals surface area contributed by atoms with Crippen molar-refractivity contribution in [2.45, 2.75) is 32.6 Å². The first-order valence-electron chi connectivity index (χ1n) is 5.71. The van der Waals surface area contributed by atoms with Crippen molar-refractivity contribution in [2.75, 3.05) is 13.4 Å². The number of rotatable bonds is 6. The van der Waals surface area contributed by atoms with Crippen LogP contribution in [0.15, 0.2) is 16.7 Å². The Hall–Kier alpha value is -0.393. The third-order valence-corrected chi connectivity index (χ3v) is 4.41. The maximum absolute atomic E-state index is 5.47. The molecule has 0 amide bonds. The molecule has 0 aliphatic heterocycles. The van der Waals surface area contributed by atoms with E-state index in [-0.39, 0.29) is 6.79 Å². The van der Waals surface area contributed by atoms with E-state index in [0.29, 0.717) is 5.88 Å². The van der Waals surface area contributed by atoms with Crippen molar-refractivity contribution < 1.29 is 9.47 Å². The Bertz CT molecular complexity index is 366. The Kier molecular flexibility index (Phi) is 5.62. The molecule has 1 aromatic heterocycles. The van der Waals surface area contributed by atoms with E-state index in [1.807, 2.05) is 13.0 Å².